The van der Waals surface area contributed by atoms with Gasteiger partial charge in [-0.1, -0.05) is 50.3 Å². The third kappa shape index (κ3) is 5.37. The van der Waals surface area contributed by atoms with Gasteiger partial charge in [-0.2, -0.15) is 0 Å². The molecule has 1 spiro atoms. The molecule has 11 heteroatoms. The highest BCUT2D eigenvalue weighted by molar-refractivity contribution is 5.90. The molecule has 3 aliphatic carbocycles. The van der Waals surface area contributed by atoms with Crippen LogP contribution in [0.4, 0.5) is 4.79 Å². The number of amides is 1. The second kappa shape index (κ2) is 11.8. The van der Waals surface area contributed by atoms with Crippen molar-refractivity contribution in [3.05, 3.63) is 60.1 Å². The number of esters is 2. The molecule has 2 heterocycles. The Hall–Kier alpha value is -3.57. The van der Waals surface area contributed by atoms with Crippen molar-refractivity contribution in [1.29, 1.82) is 0 Å². The molecular weight excluding hydrogens is 556 g/mol. The molecule has 0 unspecified atom stereocenters. The second-order valence-corrected chi connectivity index (χ2v) is 12.3. The summed E-state index contributed by atoms with van der Waals surface area (Å²) < 4.78 is 36.3. The summed E-state index contributed by atoms with van der Waals surface area (Å²) in [6, 6.07) is 0. The maximum absolute atomic E-state index is 13.5. The molecular formula is C32H42N2O9. The van der Waals surface area contributed by atoms with Crippen molar-refractivity contribution >= 4 is 18.0 Å². The van der Waals surface area contributed by atoms with Gasteiger partial charge in [0.25, 0.3) is 0 Å². The van der Waals surface area contributed by atoms with E-state index in [9.17, 15) is 14.4 Å². The van der Waals surface area contributed by atoms with Crippen LogP contribution in [0, 0.1) is 29.6 Å². The van der Waals surface area contributed by atoms with Crippen LogP contribution < -0.4 is 11.5 Å². The molecule has 0 aromatic rings. The molecule has 11 nitrogen and oxygen atoms in total. The zero-order valence-corrected chi connectivity index (χ0v) is 25.3. The predicted octanol–water partition coefficient (Wildman–Crippen LogP) is 3.20. The van der Waals surface area contributed by atoms with E-state index in [1.54, 1.807) is 13.0 Å². The number of primary amides is 1. The Morgan fingerprint density at radius 2 is 1.91 bits per heavy atom. The fourth-order valence-corrected chi connectivity index (χ4v) is 7.88. The molecule has 0 radical (unpaired) electrons. The summed E-state index contributed by atoms with van der Waals surface area (Å²) in [5.74, 6) is -2.73. The van der Waals surface area contributed by atoms with Crippen molar-refractivity contribution in [3.63, 3.8) is 0 Å². The molecule has 1 saturated heterocycles. The monoisotopic (exact) mass is 598 g/mol. The van der Waals surface area contributed by atoms with E-state index in [0.717, 1.165) is 5.57 Å². The number of carbonyl (C=O) groups excluding carboxylic acids is 3. The van der Waals surface area contributed by atoms with Crippen molar-refractivity contribution in [3.8, 4) is 0 Å². The van der Waals surface area contributed by atoms with Gasteiger partial charge < -0.3 is 39.9 Å². The van der Waals surface area contributed by atoms with Gasteiger partial charge in [-0.25, -0.2) is 14.4 Å². The molecule has 43 heavy (non-hydrogen) atoms. The van der Waals surface area contributed by atoms with Crippen LogP contribution in [-0.4, -0.2) is 67.4 Å². The van der Waals surface area contributed by atoms with Crippen molar-refractivity contribution < 1.29 is 42.8 Å². The van der Waals surface area contributed by atoms with Gasteiger partial charge in [0.15, 0.2) is 12.0 Å². The highest BCUT2D eigenvalue weighted by Crippen LogP contribution is 2.61. The number of methoxy groups -OCH3 is 1. The second-order valence-electron chi connectivity index (χ2n) is 12.3. The average Bonchev–Trinajstić information content (AvgIpc) is 3.53. The lowest BCUT2D eigenvalue weighted by molar-refractivity contribution is -0.173. The summed E-state index contributed by atoms with van der Waals surface area (Å²) in [7, 11) is 1.46. The predicted molar refractivity (Wildman–Crippen MR) is 155 cm³/mol. The van der Waals surface area contributed by atoms with E-state index < -0.39 is 66.2 Å². The fraction of sp³-hybridized carbons (Fsp3) is 0.594. The minimum atomic E-state index is -1.03. The third-order valence-corrected chi connectivity index (χ3v) is 9.69. The lowest BCUT2D eigenvalue weighted by atomic mass is 9.57. The molecule has 1 amide bonds. The number of hydrogen-bond donors (Lipinski definition) is 2. The van der Waals surface area contributed by atoms with Crippen molar-refractivity contribution in [2.24, 2.45) is 41.1 Å². The highest BCUT2D eigenvalue weighted by atomic mass is 16.6. The molecule has 5 rings (SSSR count). The van der Waals surface area contributed by atoms with Crippen molar-refractivity contribution in [2.75, 3.05) is 7.11 Å². The highest BCUT2D eigenvalue weighted by Gasteiger charge is 2.70. The standard InChI is InChI=1S/C32H42N2O9/c1-15-13-16(2)32-21(14-23(38-6)30(36)40-25(15)18(4)39-19(5)33)11-12-22-24(32)26(42-31(34)37)17(3)27(28(22)43-32)41-29(35)20-9-7-8-10-20/h7-9,11-13,15,17-18,21-28H,5,10,14,33H2,1-4,6H3,(H2,34,37)/b16-13+/t15-,17-,18-,21-,22-,23+,24+,25+,26-,27-,28-,32+/m1/s1. The first-order chi connectivity index (χ1) is 20.4. The van der Waals surface area contributed by atoms with Crippen LogP contribution in [0.15, 0.2) is 60.1 Å². The number of hydrogen-bond acceptors (Lipinski definition) is 10. The van der Waals surface area contributed by atoms with Gasteiger partial charge in [0.05, 0.1) is 0 Å². The van der Waals surface area contributed by atoms with Gasteiger partial charge in [0, 0.05) is 42.3 Å². The third-order valence-electron chi connectivity index (χ3n) is 9.69. The van der Waals surface area contributed by atoms with Gasteiger partial charge in [-0.3, -0.25) is 0 Å². The van der Waals surface area contributed by atoms with E-state index in [1.165, 1.54) is 7.11 Å². The number of allylic oxidation sites excluding steroid dienone is 3. The van der Waals surface area contributed by atoms with E-state index >= 15 is 0 Å². The zero-order chi connectivity index (χ0) is 31.2. The summed E-state index contributed by atoms with van der Waals surface area (Å²) in [6.45, 7) is 11.2. The zero-order valence-electron chi connectivity index (χ0n) is 25.3. The molecule has 0 aromatic heterocycles. The largest absolute Gasteiger partial charge is 0.473 e. The van der Waals surface area contributed by atoms with Gasteiger partial charge >= 0.3 is 18.0 Å². The Morgan fingerprint density at radius 3 is 2.53 bits per heavy atom. The quantitative estimate of drug-likeness (QED) is 0.193. The number of carbonyl (C=O) groups is 3. The SMILES string of the molecule is C=C(N)O[C@H](C)[C@H]1OC(=O)[C@@H](OC)C[C@H]2C=C[C@H]3[C@H]4O[C@]2(/C(C)=C/[C@H]1C)[C@@H]3[C@H](OC(N)=O)[C@@H](C)[C@H]4OC(=O)C1=CC=CC1. The fourth-order valence-electron chi connectivity index (χ4n) is 7.88. The molecule has 0 aromatic carbocycles. The van der Waals surface area contributed by atoms with Crippen molar-refractivity contribution in [2.45, 2.75) is 82.8 Å². The number of cyclic esters (lactones) is 1. The maximum atomic E-state index is 13.5. The average molecular weight is 599 g/mol. The summed E-state index contributed by atoms with van der Waals surface area (Å²) in [5.41, 5.74) is 11.7. The van der Waals surface area contributed by atoms with E-state index in [0.29, 0.717) is 12.0 Å². The lowest BCUT2D eigenvalue weighted by Crippen LogP contribution is -2.58. The molecule has 5 aliphatic rings. The molecule has 1 saturated carbocycles. The van der Waals surface area contributed by atoms with Crippen LogP contribution in [0.3, 0.4) is 0 Å². The topological polar surface area (TPSA) is 159 Å². The minimum Gasteiger partial charge on any atom is -0.473 e. The summed E-state index contributed by atoms with van der Waals surface area (Å²) in [6.07, 6.45) is 7.05. The molecule has 12 atom stereocenters. The Kier molecular flexibility index (Phi) is 8.50. The number of ether oxygens (including phenoxy) is 6. The van der Waals surface area contributed by atoms with Crippen LogP contribution in [0.2, 0.25) is 0 Å². The number of nitrogens with two attached hydrogens (primary N) is 2. The van der Waals surface area contributed by atoms with Crippen LogP contribution in [0.25, 0.3) is 0 Å². The van der Waals surface area contributed by atoms with Crippen molar-refractivity contribution in [1.82, 2.24) is 0 Å². The van der Waals surface area contributed by atoms with E-state index in [2.05, 4.69) is 6.58 Å². The molecule has 4 N–H and O–H groups in total. The van der Waals surface area contributed by atoms with Crippen LogP contribution in [0.5, 0.6) is 0 Å². The van der Waals surface area contributed by atoms with Crippen LogP contribution in [-0.2, 0) is 38.0 Å². The Morgan fingerprint density at radius 1 is 1.16 bits per heavy atom. The Bertz CT molecular complexity index is 1290. The normalized spacial score (nSPS) is 41.6. The smallest absolute Gasteiger partial charge is 0.404 e. The van der Waals surface area contributed by atoms with Gasteiger partial charge in [-0.05, 0) is 38.8 Å². The molecule has 2 aliphatic heterocycles. The van der Waals surface area contributed by atoms with E-state index in [1.807, 2.05) is 51.2 Å². The molecule has 234 valence electrons. The Balaban J connectivity index is 1.61. The Labute approximate surface area is 251 Å². The van der Waals surface area contributed by atoms with E-state index in [4.69, 9.17) is 39.9 Å². The van der Waals surface area contributed by atoms with Gasteiger partial charge in [0.2, 0.25) is 0 Å². The minimum absolute atomic E-state index is 0.00819. The first-order valence-electron chi connectivity index (χ1n) is 14.8. The summed E-state index contributed by atoms with van der Waals surface area (Å²) >= 11 is 0. The maximum Gasteiger partial charge on any atom is 0.404 e. The first kappa shape index (κ1) is 30.9. The number of rotatable bonds is 7. The first-order valence-corrected chi connectivity index (χ1v) is 14.8. The molecule has 4 bridgehead atoms. The van der Waals surface area contributed by atoms with Gasteiger partial charge in [-0.15, -0.1) is 0 Å². The van der Waals surface area contributed by atoms with E-state index in [-0.39, 0.29) is 36.0 Å². The van der Waals surface area contributed by atoms with Gasteiger partial charge in [0.1, 0.15) is 36.1 Å². The lowest BCUT2D eigenvalue weighted by Gasteiger charge is -2.49. The van der Waals surface area contributed by atoms with Crippen LogP contribution >= 0.6 is 0 Å². The summed E-state index contributed by atoms with van der Waals surface area (Å²) in [5, 5.41) is 0. The summed E-state index contributed by atoms with van der Waals surface area (Å²) in [4.78, 5) is 38.9. The molecule has 2 fully saturated rings. The van der Waals surface area contributed by atoms with Crippen LogP contribution in [0.1, 0.15) is 40.5 Å².